The highest BCUT2D eigenvalue weighted by Crippen LogP contribution is 2.54. The smallest absolute Gasteiger partial charge is 0.127 e. The van der Waals surface area contributed by atoms with Gasteiger partial charge in [-0.1, -0.05) is 18.6 Å². The fraction of sp³-hybridized carbons (Fsp3) is 0.583. The molecule has 2 heteroatoms. The molecular weight excluding hydrogens is 320 g/mol. The van der Waals surface area contributed by atoms with Crippen molar-refractivity contribution in [3.8, 4) is 23.3 Å². The van der Waals surface area contributed by atoms with E-state index in [2.05, 4.69) is 51.7 Å². The van der Waals surface area contributed by atoms with Gasteiger partial charge in [0.2, 0.25) is 0 Å². The predicted molar refractivity (Wildman–Crippen MR) is 108 cm³/mol. The quantitative estimate of drug-likeness (QED) is 0.401. The Kier molecular flexibility index (Phi) is 5.66. The Morgan fingerprint density at radius 2 is 2.00 bits per heavy atom. The molecule has 0 radical (unpaired) electrons. The summed E-state index contributed by atoms with van der Waals surface area (Å²) in [5.74, 6) is 8.51. The van der Waals surface area contributed by atoms with Crippen LogP contribution in [-0.2, 0) is 6.42 Å². The van der Waals surface area contributed by atoms with Crippen LogP contribution in [0.5, 0.6) is 11.5 Å². The van der Waals surface area contributed by atoms with Crippen LogP contribution in [0.4, 0.5) is 0 Å². The van der Waals surface area contributed by atoms with E-state index in [0.717, 1.165) is 61.8 Å². The molecule has 1 aliphatic heterocycles. The van der Waals surface area contributed by atoms with Gasteiger partial charge in [-0.2, -0.15) is 0 Å². The SMILES string of the molecule is CCCC#CCCCc1cc(O)c2c(c1)OC(C)(C)[C@@H]1CC=C(C)C[C@@H]21. The van der Waals surface area contributed by atoms with Gasteiger partial charge in [-0.15, -0.1) is 11.8 Å². The minimum Gasteiger partial charge on any atom is -0.508 e. The lowest BCUT2D eigenvalue weighted by Gasteiger charge is -2.47. The van der Waals surface area contributed by atoms with Gasteiger partial charge in [0.05, 0.1) is 0 Å². The number of benzene rings is 1. The summed E-state index contributed by atoms with van der Waals surface area (Å²) in [4.78, 5) is 0. The van der Waals surface area contributed by atoms with Gasteiger partial charge in [-0.3, -0.25) is 0 Å². The highest BCUT2D eigenvalue weighted by molar-refractivity contribution is 5.52. The Morgan fingerprint density at radius 3 is 2.77 bits per heavy atom. The first-order chi connectivity index (χ1) is 12.4. The summed E-state index contributed by atoms with van der Waals surface area (Å²) in [5, 5.41) is 10.8. The number of fused-ring (bicyclic) bond motifs is 3. The number of phenols is 1. The van der Waals surface area contributed by atoms with Crippen LogP contribution in [0.1, 0.15) is 83.3 Å². The Bertz CT molecular complexity index is 745. The number of aromatic hydroxyl groups is 1. The van der Waals surface area contributed by atoms with Gasteiger partial charge in [0, 0.05) is 30.2 Å². The van der Waals surface area contributed by atoms with E-state index in [-0.39, 0.29) is 5.60 Å². The van der Waals surface area contributed by atoms with Crippen molar-refractivity contribution in [1.29, 1.82) is 0 Å². The van der Waals surface area contributed by atoms with Gasteiger partial charge < -0.3 is 9.84 Å². The molecule has 26 heavy (non-hydrogen) atoms. The van der Waals surface area contributed by atoms with Crippen molar-refractivity contribution in [2.75, 3.05) is 0 Å². The minimum absolute atomic E-state index is 0.203. The predicted octanol–water partition coefficient (Wildman–Crippen LogP) is 6.13. The first kappa shape index (κ1) is 18.9. The maximum absolute atomic E-state index is 10.8. The standard InChI is InChI=1S/C24H32O2/c1-5-6-7-8-9-10-11-18-15-21(25)23-19-14-17(2)12-13-20(19)24(3,4)26-22(23)16-18/h12,15-16,19-20,25H,5-6,9-11,13-14H2,1-4H3/t19-,20-/m1/s1. The summed E-state index contributed by atoms with van der Waals surface area (Å²) in [6, 6.07) is 4.10. The summed E-state index contributed by atoms with van der Waals surface area (Å²) < 4.78 is 6.39. The minimum atomic E-state index is -0.203. The van der Waals surface area contributed by atoms with Gasteiger partial charge in [-0.25, -0.2) is 0 Å². The summed E-state index contributed by atoms with van der Waals surface area (Å²) >= 11 is 0. The maximum Gasteiger partial charge on any atom is 0.127 e. The van der Waals surface area contributed by atoms with E-state index < -0.39 is 0 Å². The van der Waals surface area contributed by atoms with Crippen LogP contribution in [0.3, 0.4) is 0 Å². The lowest BCUT2D eigenvalue weighted by atomic mass is 9.67. The molecule has 1 heterocycles. The van der Waals surface area contributed by atoms with E-state index in [4.69, 9.17) is 4.74 Å². The average molecular weight is 353 g/mol. The van der Waals surface area contributed by atoms with Crippen LogP contribution >= 0.6 is 0 Å². The van der Waals surface area contributed by atoms with E-state index >= 15 is 0 Å². The molecule has 2 nitrogen and oxygen atoms in total. The van der Waals surface area contributed by atoms with E-state index in [1.54, 1.807) is 0 Å². The molecule has 0 unspecified atom stereocenters. The van der Waals surface area contributed by atoms with Crippen LogP contribution in [0, 0.1) is 17.8 Å². The topological polar surface area (TPSA) is 29.5 Å². The zero-order valence-corrected chi connectivity index (χ0v) is 16.7. The van der Waals surface area contributed by atoms with Crippen molar-refractivity contribution in [1.82, 2.24) is 0 Å². The number of allylic oxidation sites excluding steroid dienone is 2. The van der Waals surface area contributed by atoms with Gasteiger partial charge in [0.1, 0.15) is 17.1 Å². The van der Waals surface area contributed by atoms with E-state index in [1.165, 1.54) is 5.57 Å². The lowest BCUT2D eigenvalue weighted by molar-refractivity contribution is 0.00753. The Labute approximate surface area is 158 Å². The molecule has 1 aromatic rings. The molecule has 0 spiro atoms. The summed E-state index contributed by atoms with van der Waals surface area (Å²) in [6.07, 6.45) is 9.35. The van der Waals surface area contributed by atoms with Gasteiger partial charge in [0.25, 0.3) is 0 Å². The van der Waals surface area contributed by atoms with Crippen LogP contribution in [-0.4, -0.2) is 10.7 Å². The number of rotatable bonds is 4. The van der Waals surface area contributed by atoms with Gasteiger partial charge in [-0.05, 0) is 70.6 Å². The number of hydrogen-bond donors (Lipinski definition) is 1. The molecule has 3 rings (SSSR count). The van der Waals surface area contributed by atoms with E-state index in [9.17, 15) is 5.11 Å². The van der Waals surface area contributed by atoms with E-state index in [1.807, 2.05) is 6.07 Å². The highest BCUT2D eigenvalue weighted by atomic mass is 16.5. The molecule has 1 N–H and O–H groups in total. The molecule has 1 aromatic carbocycles. The normalized spacial score (nSPS) is 23.0. The molecule has 0 fully saturated rings. The third kappa shape index (κ3) is 3.93. The molecule has 0 saturated carbocycles. The molecule has 0 bridgehead atoms. The second-order valence-electron chi connectivity index (χ2n) is 8.39. The van der Waals surface area contributed by atoms with Crippen molar-refractivity contribution in [2.24, 2.45) is 5.92 Å². The Morgan fingerprint density at radius 1 is 1.23 bits per heavy atom. The number of unbranched alkanes of at least 4 members (excludes halogenated alkanes) is 2. The van der Waals surface area contributed by atoms with Crippen LogP contribution in [0.2, 0.25) is 0 Å². The average Bonchev–Trinajstić information content (AvgIpc) is 2.56. The molecule has 0 amide bonds. The maximum atomic E-state index is 10.8. The first-order valence-corrected chi connectivity index (χ1v) is 10.1. The van der Waals surface area contributed by atoms with Crippen LogP contribution < -0.4 is 4.74 Å². The third-order valence-corrected chi connectivity index (χ3v) is 5.83. The molecule has 0 saturated heterocycles. The molecule has 2 aliphatic rings. The number of hydrogen-bond acceptors (Lipinski definition) is 2. The van der Waals surface area contributed by atoms with Crippen LogP contribution in [0.15, 0.2) is 23.8 Å². The zero-order chi connectivity index (χ0) is 18.7. The van der Waals surface area contributed by atoms with Gasteiger partial charge in [0.15, 0.2) is 0 Å². The van der Waals surface area contributed by atoms with Crippen molar-refractivity contribution in [3.05, 3.63) is 34.9 Å². The fourth-order valence-electron chi connectivity index (χ4n) is 4.45. The van der Waals surface area contributed by atoms with Crippen molar-refractivity contribution in [3.63, 3.8) is 0 Å². The number of phenolic OH excluding ortho intramolecular Hbond substituents is 1. The zero-order valence-electron chi connectivity index (χ0n) is 16.7. The third-order valence-electron chi connectivity index (χ3n) is 5.83. The molecule has 140 valence electrons. The lowest BCUT2D eigenvalue weighted by Crippen LogP contribution is -2.45. The highest BCUT2D eigenvalue weighted by Gasteiger charge is 2.45. The first-order valence-electron chi connectivity index (χ1n) is 10.1. The fourth-order valence-corrected chi connectivity index (χ4v) is 4.45. The molecular formula is C24H32O2. The number of aryl methyl sites for hydroxylation is 1. The van der Waals surface area contributed by atoms with Crippen LogP contribution in [0.25, 0.3) is 0 Å². The largest absolute Gasteiger partial charge is 0.508 e. The van der Waals surface area contributed by atoms with E-state index in [0.29, 0.717) is 17.6 Å². The summed E-state index contributed by atoms with van der Waals surface area (Å²) in [5.41, 5.74) is 3.39. The summed E-state index contributed by atoms with van der Waals surface area (Å²) in [7, 11) is 0. The monoisotopic (exact) mass is 352 g/mol. The van der Waals surface area contributed by atoms with Gasteiger partial charge >= 0.3 is 0 Å². The van der Waals surface area contributed by atoms with Crippen molar-refractivity contribution < 1.29 is 9.84 Å². The Hall–Kier alpha value is -1.88. The van der Waals surface area contributed by atoms with Crippen molar-refractivity contribution >= 4 is 0 Å². The molecule has 2 atom stereocenters. The second-order valence-corrected chi connectivity index (χ2v) is 8.39. The molecule has 1 aliphatic carbocycles. The number of ether oxygens (including phenoxy) is 1. The Balaban J connectivity index is 1.80. The van der Waals surface area contributed by atoms with Crippen molar-refractivity contribution in [2.45, 2.75) is 84.2 Å². The molecule has 0 aromatic heterocycles. The summed E-state index contributed by atoms with van der Waals surface area (Å²) in [6.45, 7) is 8.73. The second kappa shape index (κ2) is 7.78.